The van der Waals surface area contributed by atoms with E-state index in [9.17, 15) is 13.2 Å². The van der Waals surface area contributed by atoms with Crippen LogP contribution < -0.4 is 10.5 Å². The van der Waals surface area contributed by atoms with E-state index in [0.29, 0.717) is 25.2 Å². The molecule has 0 saturated carbocycles. The molecule has 1 fully saturated rings. The molecule has 2 N–H and O–H groups in total. The average molecular weight is 392 g/mol. The number of halogens is 1. The van der Waals surface area contributed by atoms with E-state index in [1.165, 1.54) is 28.4 Å². The third-order valence-corrected chi connectivity index (χ3v) is 6.34. The van der Waals surface area contributed by atoms with Crippen molar-refractivity contribution < 1.29 is 17.9 Å². The number of sulfonamides is 1. The van der Waals surface area contributed by atoms with E-state index in [0.717, 1.165) is 12.8 Å². The molecule has 9 heteroatoms. The van der Waals surface area contributed by atoms with Crippen LogP contribution in [0.25, 0.3) is 0 Å². The fourth-order valence-electron chi connectivity index (χ4n) is 2.64. The van der Waals surface area contributed by atoms with E-state index >= 15 is 0 Å². The zero-order valence-corrected chi connectivity index (χ0v) is 16.4. The molecular weight excluding hydrogens is 366 g/mol. The Morgan fingerprint density at radius 2 is 1.96 bits per heavy atom. The normalized spacial score (nSPS) is 16.2. The predicted octanol–water partition coefficient (Wildman–Crippen LogP) is 1.32. The largest absolute Gasteiger partial charge is 0.495 e. The second-order valence-corrected chi connectivity index (χ2v) is 7.88. The Balaban J connectivity index is 0.00000312. The first-order valence-corrected chi connectivity index (χ1v) is 9.42. The first-order valence-electron chi connectivity index (χ1n) is 7.98. The first-order chi connectivity index (χ1) is 11.3. The molecule has 142 valence electrons. The quantitative estimate of drug-likeness (QED) is 0.789. The van der Waals surface area contributed by atoms with Crippen molar-refractivity contribution in [3.8, 4) is 5.75 Å². The summed E-state index contributed by atoms with van der Waals surface area (Å²) >= 11 is 0. The van der Waals surface area contributed by atoms with Crippen LogP contribution >= 0.6 is 12.4 Å². The number of ether oxygens (including phenoxy) is 1. The van der Waals surface area contributed by atoms with Gasteiger partial charge in [0.2, 0.25) is 10.0 Å². The lowest BCUT2D eigenvalue weighted by atomic mass is 10.1. The molecule has 1 heterocycles. The van der Waals surface area contributed by atoms with Crippen LogP contribution in [0, 0.1) is 0 Å². The Labute approximate surface area is 155 Å². The standard InChI is InChI=1S/C16H25N3O4S.ClH/c1-12(11-17)18(2)16(20)13-6-7-14(23-3)15(10-13)24(21,22)19-8-4-5-9-19;/h6-7,10,12H,4-5,8-9,11,17H2,1-3H3;1H. The lowest BCUT2D eigenvalue weighted by Gasteiger charge is -2.24. The van der Waals surface area contributed by atoms with E-state index in [1.807, 2.05) is 6.92 Å². The highest BCUT2D eigenvalue weighted by Crippen LogP contribution is 2.30. The van der Waals surface area contributed by atoms with Gasteiger partial charge in [-0.05, 0) is 38.0 Å². The number of benzene rings is 1. The molecule has 1 atom stereocenters. The van der Waals surface area contributed by atoms with E-state index in [2.05, 4.69) is 0 Å². The van der Waals surface area contributed by atoms with Crippen LogP contribution in [0.15, 0.2) is 23.1 Å². The second-order valence-electron chi connectivity index (χ2n) is 5.98. The van der Waals surface area contributed by atoms with Gasteiger partial charge in [0.25, 0.3) is 5.91 Å². The van der Waals surface area contributed by atoms with Gasteiger partial charge in [0, 0.05) is 38.3 Å². The Kier molecular flexibility index (Phi) is 7.67. The van der Waals surface area contributed by atoms with Crippen molar-refractivity contribution in [1.82, 2.24) is 9.21 Å². The number of hydrogen-bond acceptors (Lipinski definition) is 5. The number of rotatable bonds is 6. The lowest BCUT2D eigenvalue weighted by molar-refractivity contribution is 0.0748. The summed E-state index contributed by atoms with van der Waals surface area (Å²) in [7, 11) is -0.605. The maximum absolute atomic E-state index is 12.8. The van der Waals surface area contributed by atoms with Gasteiger partial charge in [-0.2, -0.15) is 4.31 Å². The molecule has 0 bridgehead atoms. The first kappa shape index (κ1) is 21.7. The van der Waals surface area contributed by atoms with Crippen LogP contribution in [-0.4, -0.2) is 63.4 Å². The fraction of sp³-hybridized carbons (Fsp3) is 0.562. The Morgan fingerprint density at radius 3 is 2.48 bits per heavy atom. The second kappa shape index (κ2) is 8.84. The summed E-state index contributed by atoms with van der Waals surface area (Å²) in [5.74, 6) is -0.0264. The number of nitrogens with zero attached hydrogens (tertiary/aromatic N) is 2. The van der Waals surface area contributed by atoms with E-state index in [-0.39, 0.29) is 35.0 Å². The summed E-state index contributed by atoms with van der Waals surface area (Å²) in [5, 5.41) is 0. The molecule has 1 unspecified atom stereocenters. The molecule has 25 heavy (non-hydrogen) atoms. The number of carbonyl (C=O) groups is 1. The van der Waals surface area contributed by atoms with E-state index in [1.54, 1.807) is 13.1 Å². The molecule has 1 aliphatic rings. The van der Waals surface area contributed by atoms with Crippen molar-refractivity contribution >= 4 is 28.3 Å². The van der Waals surface area contributed by atoms with Crippen LogP contribution in [0.3, 0.4) is 0 Å². The maximum atomic E-state index is 12.8. The molecule has 1 aromatic carbocycles. The topological polar surface area (TPSA) is 92.9 Å². The average Bonchev–Trinajstić information content (AvgIpc) is 3.14. The summed E-state index contributed by atoms with van der Waals surface area (Å²) in [6.45, 7) is 3.15. The van der Waals surface area contributed by atoms with Crippen LogP contribution in [0.4, 0.5) is 0 Å². The Morgan fingerprint density at radius 1 is 1.36 bits per heavy atom. The van der Waals surface area contributed by atoms with Gasteiger partial charge < -0.3 is 15.4 Å². The third kappa shape index (κ3) is 4.44. The smallest absolute Gasteiger partial charge is 0.253 e. The van der Waals surface area contributed by atoms with Crippen molar-refractivity contribution in [2.75, 3.05) is 33.8 Å². The highest BCUT2D eigenvalue weighted by Gasteiger charge is 2.31. The molecule has 0 radical (unpaired) electrons. The van der Waals surface area contributed by atoms with Gasteiger partial charge in [0.05, 0.1) is 7.11 Å². The lowest BCUT2D eigenvalue weighted by Crippen LogP contribution is -2.39. The molecule has 7 nitrogen and oxygen atoms in total. The summed E-state index contributed by atoms with van der Waals surface area (Å²) < 4.78 is 32.3. The molecule has 2 rings (SSSR count). The SMILES string of the molecule is COc1ccc(C(=O)N(C)C(C)CN)cc1S(=O)(=O)N1CCCC1.Cl. The van der Waals surface area contributed by atoms with E-state index in [4.69, 9.17) is 10.5 Å². The van der Waals surface area contributed by atoms with Crippen molar-refractivity contribution in [3.63, 3.8) is 0 Å². The number of amides is 1. The molecule has 1 aliphatic heterocycles. The van der Waals surface area contributed by atoms with Gasteiger partial charge in [0.1, 0.15) is 10.6 Å². The van der Waals surface area contributed by atoms with E-state index < -0.39 is 10.0 Å². The number of carbonyl (C=O) groups excluding carboxylic acids is 1. The van der Waals surface area contributed by atoms with Gasteiger partial charge in [0.15, 0.2) is 0 Å². The van der Waals surface area contributed by atoms with Gasteiger partial charge in [-0.3, -0.25) is 4.79 Å². The Hall–Kier alpha value is -1.35. The zero-order chi connectivity index (χ0) is 17.9. The third-order valence-electron chi connectivity index (χ3n) is 4.42. The molecule has 0 aliphatic carbocycles. The molecule has 1 amide bonds. The number of hydrogen-bond donors (Lipinski definition) is 1. The maximum Gasteiger partial charge on any atom is 0.253 e. The van der Waals surface area contributed by atoms with Crippen molar-refractivity contribution in [2.45, 2.75) is 30.7 Å². The summed E-state index contributed by atoms with van der Waals surface area (Å²) in [5.41, 5.74) is 5.90. The van der Waals surface area contributed by atoms with Crippen LogP contribution in [0.2, 0.25) is 0 Å². The zero-order valence-electron chi connectivity index (χ0n) is 14.8. The number of nitrogens with two attached hydrogens (primary N) is 1. The minimum Gasteiger partial charge on any atom is -0.495 e. The van der Waals surface area contributed by atoms with Crippen LogP contribution in [-0.2, 0) is 10.0 Å². The summed E-state index contributed by atoms with van der Waals surface area (Å²) in [6.07, 6.45) is 1.69. The van der Waals surface area contributed by atoms with Gasteiger partial charge >= 0.3 is 0 Å². The van der Waals surface area contributed by atoms with Gasteiger partial charge in [-0.25, -0.2) is 8.42 Å². The monoisotopic (exact) mass is 391 g/mol. The van der Waals surface area contributed by atoms with Crippen LogP contribution in [0.1, 0.15) is 30.1 Å². The van der Waals surface area contributed by atoms with Gasteiger partial charge in [-0.1, -0.05) is 0 Å². The highest BCUT2D eigenvalue weighted by atomic mass is 35.5. The predicted molar refractivity (Wildman–Crippen MR) is 98.8 cm³/mol. The van der Waals surface area contributed by atoms with Gasteiger partial charge in [-0.15, -0.1) is 12.4 Å². The van der Waals surface area contributed by atoms with Crippen LogP contribution in [0.5, 0.6) is 5.75 Å². The van der Waals surface area contributed by atoms with Crippen molar-refractivity contribution in [1.29, 1.82) is 0 Å². The molecule has 0 aromatic heterocycles. The molecule has 1 aromatic rings. The summed E-state index contributed by atoms with van der Waals surface area (Å²) in [4.78, 5) is 14.1. The summed E-state index contributed by atoms with van der Waals surface area (Å²) in [6, 6.07) is 4.36. The minimum atomic E-state index is -3.68. The van der Waals surface area contributed by atoms with Crippen molar-refractivity contribution in [3.05, 3.63) is 23.8 Å². The number of methoxy groups -OCH3 is 1. The molecular formula is C16H26ClN3O4S. The van der Waals surface area contributed by atoms with Crippen molar-refractivity contribution in [2.24, 2.45) is 5.73 Å². The Bertz CT molecular complexity index is 705. The number of likely N-dealkylation sites (N-methyl/N-ethyl adjacent to an activating group) is 1. The fourth-order valence-corrected chi connectivity index (χ4v) is 4.34. The molecule has 1 saturated heterocycles. The molecule has 0 spiro atoms. The minimum absolute atomic E-state index is 0. The highest BCUT2D eigenvalue weighted by molar-refractivity contribution is 7.89.